The fourth-order valence-corrected chi connectivity index (χ4v) is 5.72. The lowest BCUT2D eigenvalue weighted by molar-refractivity contribution is -0.139. The Kier molecular flexibility index (Phi) is 7.40. The van der Waals surface area contributed by atoms with Crippen LogP contribution in [0.1, 0.15) is 52.7 Å². The van der Waals surface area contributed by atoms with Crippen molar-refractivity contribution in [1.82, 2.24) is 4.57 Å². The molecule has 0 fully saturated rings. The van der Waals surface area contributed by atoms with E-state index >= 15 is 0 Å². The van der Waals surface area contributed by atoms with E-state index in [2.05, 4.69) is 4.99 Å². The number of hydrogen-bond acceptors (Lipinski definition) is 8. The minimum absolute atomic E-state index is 0.212. The second kappa shape index (κ2) is 10.9. The zero-order chi connectivity index (χ0) is 28.6. The van der Waals surface area contributed by atoms with Crippen molar-refractivity contribution in [2.45, 2.75) is 33.7 Å². The van der Waals surface area contributed by atoms with Crippen LogP contribution in [0.4, 0.5) is 0 Å². The van der Waals surface area contributed by atoms with Crippen LogP contribution in [0.15, 0.2) is 80.1 Å². The average molecular weight is 557 g/mol. The Bertz CT molecular complexity index is 1840. The van der Waals surface area contributed by atoms with Crippen molar-refractivity contribution in [3.63, 3.8) is 0 Å². The molecule has 0 spiro atoms. The smallest absolute Gasteiger partial charge is 0.338 e. The number of methoxy groups -OCH3 is 1. The maximum atomic E-state index is 13.8. The van der Waals surface area contributed by atoms with E-state index in [9.17, 15) is 14.4 Å². The zero-order valence-electron chi connectivity index (χ0n) is 22.8. The summed E-state index contributed by atoms with van der Waals surface area (Å²) < 4.78 is 18.2. The highest BCUT2D eigenvalue weighted by atomic mass is 32.1. The zero-order valence-corrected chi connectivity index (χ0v) is 23.6. The Balaban J connectivity index is 1.61. The average Bonchev–Trinajstić information content (AvgIpc) is 3.52. The quantitative estimate of drug-likeness (QED) is 0.325. The van der Waals surface area contributed by atoms with Crippen molar-refractivity contribution in [3.8, 4) is 11.3 Å². The summed E-state index contributed by atoms with van der Waals surface area (Å²) in [5, 5.41) is 0. The Morgan fingerprint density at radius 1 is 1.05 bits per heavy atom. The monoisotopic (exact) mass is 556 g/mol. The van der Waals surface area contributed by atoms with Gasteiger partial charge >= 0.3 is 11.9 Å². The normalized spacial score (nSPS) is 15.0. The van der Waals surface area contributed by atoms with Gasteiger partial charge in [-0.2, -0.15) is 0 Å². The Labute approximate surface area is 234 Å². The van der Waals surface area contributed by atoms with E-state index in [1.54, 1.807) is 48.8 Å². The molecule has 40 heavy (non-hydrogen) atoms. The first-order chi connectivity index (χ1) is 19.2. The number of esters is 2. The highest BCUT2D eigenvalue weighted by Gasteiger charge is 2.33. The maximum Gasteiger partial charge on any atom is 0.338 e. The number of thiazole rings is 1. The lowest BCUT2D eigenvalue weighted by Crippen LogP contribution is -2.39. The van der Waals surface area contributed by atoms with Gasteiger partial charge in [0.2, 0.25) is 0 Å². The standard InChI is InChI=1S/C31H28N2O6S/c1-6-38-30(36)26-19(4)32-31-33(27(26)20-10-7-17(2)8-11-20)28(34)25(40-31)16-22-13-14-24(39-22)23-15-21(29(35)37-5)12-9-18(23)3/h7-16,27H,6H2,1-5H3/b25-16+/t27-/m1/s1. The largest absolute Gasteiger partial charge is 0.465 e. The molecule has 204 valence electrons. The summed E-state index contributed by atoms with van der Waals surface area (Å²) in [4.78, 5) is 43.9. The van der Waals surface area contributed by atoms with Gasteiger partial charge in [0.25, 0.3) is 5.56 Å². The highest BCUT2D eigenvalue weighted by molar-refractivity contribution is 7.07. The molecule has 8 nitrogen and oxygen atoms in total. The summed E-state index contributed by atoms with van der Waals surface area (Å²) in [6, 6.07) is 15.9. The van der Waals surface area contributed by atoms with Gasteiger partial charge in [-0.15, -0.1) is 0 Å². The van der Waals surface area contributed by atoms with Crippen LogP contribution in [0.3, 0.4) is 0 Å². The van der Waals surface area contributed by atoms with Gasteiger partial charge in [-0.25, -0.2) is 14.6 Å². The van der Waals surface area contributed by atoms with Crippen molar-refractivity contribution < 1.29 is 23.5 Å². The number of aromatic nitrogens is 1. The summed E-state index contributed by atoms with van der Waals surface area (Å²) in [6.07, 6.45) is 1.67. The second-order valence-electron chi connectivity index (χ2n) is 9.44. The summed E-state index contributed by atoms with van der Waals surface area (Å²) >= 11 is 1.23. The number of nitrogens with zero attached hydrogens (tertiary/aromatic N) is 2. The molecule has 2 aromatic carbocycles. The molecule has 0 unspecified atom stereocenters. The van der Waals surface area contributed by atoms with E-state index in [-0.39, 0.29) is 12.2 Å². The number of fused-ring (bicyclic) bond motifs is 1. The molecule has 0 bridgehead atoms. The second-order valence-corrected chi connectivity index (χ2v) is 10.4. The first-order valence-electron chi connectivity index (χ1n) is 12.8. The molecular formula is C31H28N2O6S. The molecule has 0 aliphatic carbocycles. The van der Waals surface area contributed by atoms with Crippen LogP contribution >= 0.6 is 11.3 Å². The Morgan fingerprint density at radius 3 is 2.50 bits per heavy atom. The third-order valence-corrected chi connectivity index (χ3v) is 7.72. The number of ether oxygens (including phenoxy) is 2. The summed E-state index contributed by atoms with van der Waals surface area (Å²) in [5.74, 6) is 0.0928. The number of carbonyl (C=O) groups is 2. The van der Waals surface area contributed by atoms with Gasteiger partial charge in [0.05, 0.1) is 41.1 Å². The SMILES string of the molecule is CCOC(=O)C1=C(C)N=c2s/c(=C/c3ccc(-c4cc(C(=O)OC)ccc4C)o3)c(=O)n2[C@@H]1c1ccc(C)cc1. The van der Waals surface area contributed by atoms with Gasteiger partial charge in [-0.3, -0.25) is 9.36 Å². The predicted octanol–water partition coefficient (Wildman–Crippen LogP) is 4.46. The van der Waals surface area contributed by atoms with Gasteiger partial charge < -0.3 is 13.9 Å². The van der Waals surface area contributed by atoms with Crippen molar-refractivity contribution in [2.24, 2.45) is 4.99 Å². The highest BCUT2D eigenvalue weighted by Crippen LogP contribution is 2.31. The van der Waals surface area contributed by atoms with E-state index in [0.29, 0.717) is 37.7 Å². The summed E-state index contributed by atoms with van der Waals surface area (Å²) in [6.45, 7) is 7.62. The summed E-state index contributed by atoms with van der Waals surface area (Å²) in [7, 11) is 1.34. The van der Waals surface area contributed by atoms with Crippen LogP contribution in [0.2, 0.25) is 0 Å². The van der Waals surface area contributed by atoms with Crippen LogP contribution < -0.4 is 14.9 Å². The lowest BCUT2D eigenvalue weighted by Gasteiger charge is -2.24. The fourth-order valence-electron chi connectivity index (χ4n) is 4.69. The van der Waals surface area contributed by atoms with Crippen LogP contribution in [0, 0.1) is 13.8 Å². The number of benzene rings is 2. The van der Waals surface area contributed by atoms with Gasteiger partial charge in [0.15, 0.2) is 4.80 Å². The van der Waals surface area contributed by atoms with Gasteiger partial charge in [-0.05, 0) is 63.1 Å². The van der Waals surface area contributed by atoms with E-state index in [1.165, 1.54) is 18.4 Å². The molecular weight excluding hydrogens is 528 g/mol. The summed E-state index contributed by atoms with van der Waals surface area (Å²) in [5.41, 5.74) is 4.51. The lowest BCUT2D eigenvalue weighted by atomic mass is 9.95. The van der Waals surface area contributed by atoms with Gasteiger partial charge in [-0.1, -0.05) is 47.2 Å². The molecule has 0 amide bonds. The molecule has 3 heterocycles. The van der Waals surface area contributed by atoms with Crippen molar-refractivity contribution in [1.29, 1.82) is 0 Å². The number of allylic oxidation sites excluding steroid dienone is 1. The number of carbonyl (C=O) groups excluding carboxylic acids is 2. The Morgan fingerprint density at radius 2 is 1.80 bits per heavy atom. The molecule has 0 saturated carbocycles. The molecule has 1 atom stereocenters. The first-order valence-corrected chi connectivity index (χ1v) is 13.6. The number of furan rings is 1. The molecule has 4 aromatic rings. The Hall–Kier alpha value is -4.50. The van der Waals surface area contributed by atoms with E-state index in [0.717, 1.165) is 22.3 Å². The van der Waals surface area contributed by atoms with Crippen LogP contribution in [-0.4, -0.2) is 30.2 Å². The van der Waals surface area contributed by atoms with Crippen molar-refractivity contribution >= 4 is 29.4 Å². The molecule has 1 aliphatic rings. The van der Waals surface area contributed by atoms with Crippen LogP contribution in [0.5, 0.6) is 0 Å². The van der Waals surface area contributed by atoms with Crippen LogP contribution in [0.25, 0.3) is 17.4 Å². The third kappa shape index (κ3) is 4.96. The van der Waals surface area contributed by atoms with Crippen LogP contribution in [-0.2, 0) is 14.3 Å². The van der Waals surface area contributed by atoms with Gasteiger partial charge in [0.1, 0.15) is 11.5 Å². The molecule has 9 heteroatoms. The molecule has 0 N–H and O–H groups in total. The third-order valence-electron chi connectivity index (χ3n) is 6.73. The van der Waals surface area contributed by atoms with E-state index in [4.69, 9.17) is 13.9 Å². The van der Waals surface area contributed by atoms with E-state index < -0.39 is 18.0 Å². The minimum Gasteiger partial charge on any atom is -0.465 e. The number of aryl methyl sites for hydroxylation is 2. The maximum absolute atomic E-state index is 13.8. The number of rotatable bonds is 6. The molecule has 0 saturated heterocycles. The number of hydrogen-bond donors (Lipinski definition) is 0. The molecule has 0 radical (unpaired) electrons. The topological polar surface area (TPSA) is 100 Å². The first kappa shape index (κ1) is 27.1. The molecule has 1 aliphatic heterocycles. The van der Waals surface area contributed by atoms with Crippen molar-refractivity contribution in [3.05, 3.63) is 114 Å². The van der Waals surface area contributed by atoms with Crippen molar-refractivity contribution in [2.75, 3.05) is 13.7 Å². The molecule has 2 aromatic heterocycles. The fraction of sp³-hybridized carbons (Fsp3) is 0.226. The minimum atomic E-state index is -0.672. The van der Waals surface area contributed by atoms with E-state index in [1.807, 2.05) is 44.2 Å². The predicted molar refractivity (Wildman–Crippen MR) is 152 cm³/mol. The van der Waals surface area contributed by atoms with Gasteiger partial charge in [0, 0.05) is 11.6 Å². The molecule has 5 rings (SSSR count).